The zero-order chi connectivity index (χ0) is 14.9. The molecule has 5 heteroatoms. The minimum Gasteiger partial charge on any atom is -0.460 e. The minimum absolute atomic E-state index is 0. The van der Waals surface area contributed by atoms with E-state index in [0.29, 0.717) is 6.42 Å². The molecule has 0 saturated carbocycles. The molecule has 0 aromatic heterocycles. The zero-order valence-electron chi connectivity index (χ0n) is 14.0. The molecule has 0 atom stereocenters. The molecule has 0 spiro atoms. The summed E-state index contributed by atoms with van der Waals surface area (Å²) >= 11 is 0. The lowest BCUT2D eigenvalue weighted by Gasteiger charge is -2.29. The number of methoxy groups -OCH3 is 1. The van der Waals surface area contributed by atoms with Crippen LogP contribution in [0.25, 0.3) is 0 Å². The van der Waals surface area contributed by atoms with Gasteiger partial charge in [0.2, 0.25) is 0 Å². The number of halogens is 1. The molecule has 0 heterocycles. The van der Waals surface area contributed by atoms with Gasteiger partial charge >= 0.3 is 5.97 Å². The van der Waals surface area contributed by atoms with Crippen molar-refractivity contribution in [2.45, 2.75) is 52.1 Å². The van der Waals surface area contributed by atoms with Gasteiger partial charge in [0, 0.05) is 13.5 Å². The third-order valence-electron chi connectivity index (χ3n) is 2.97. The fourth-order valence-corrected chi connectivity index (χ4v) is 1.83. The van der Waals surface area contributed by atoms with Crippen LogP contribution in [0.2, 0.25) is 0 Å². The van der Waals surface area contributed by atoms with Crippen LogP contribution < -0.4 is 0 Å². The SMILES string of the molecule is Br.COCC[N+](C)(C)CCCCCC(=O)OC(C)(C)C. The first-order valence-electron chi connectivity index (χ1n) is 7.19. The summed E-state index contributed by atoms with van der Waals surface area (Å²) < 4.78 is 11.4. The first-order valence-corrected chi connectivity index (χ1v) is 7.19. The molecular weight excluding hydrogens is 322 g/mol. The predicted octanol–water partition coefficient (Wildman–Crippen LogP) is 3.19. The van der Waals surface area contributed by atoms with Crippen LogP contribution in [0.3, 0.4) is 0 Å². The van der Waals surface area contributed by atoms with Gasteiger partial charge in [0.25, 0.3) is 0 Å². The highest BCUT2D eigenvalue weighted by atomic mass is 79.9. The Morgan fingerprint density at radius 2 is 1.65 bits per heavy atom. The van der Waals surface area contributed by atoms with Gasteiger partial charge in [0.05, 0.1) is 27.2 Å². The molecule has 122 valence electrons. The number of hydrogen-bond acceptors (Lipinski definition) is 3. The minimum atomic E-state index is -0.365. The predicted molar refractivity (Wildman–Crippen MR) is 88.4 cm³/mol. The maximum absolute atomic E-state index is 11.5. The van der Waals surface area contributed by atoms with Crippen LogP contribution in [0.5, 0.6) is 0 Å². The normalized spacial score (nSPS) is 11.9. The van der Waals surface area contributed by atoms with E-state index in [9.17, 15) is 4.79 Å². The van der Waals surface area contributed by atoms with Crippen LogP contribution in [0, 0.1) is 0 Å². The van der Waals surface area contributed by atoms with E-state index in [0.717, 1.165) is 43.4 Å². The van der Waals surface area contributed by atoms with Crippen molar-refractivity contribution in [3.05, 3.63) is 0 Å². The second-order valence-electron chi connectivity index (χ2n) is 6.77. The summed E-state index contributed by atoms with van der Waals surface area (Å²) in [6.45, 7) is 8.66. The molecule has 0 aromatic carbocycles. The van der Waals surface area contributed by atoms with E-state index in [4.69, 9.17) is 9.47 Å². The number of hydrogen-bond donors (Lipinski definition) is 0. The monoisotopic (exact) mass is 354 g/mol. The van der Waals surface area contributed by atoms with Crippen LogP contribution in [-0.4, -0.2) is 57.0 Å². The number of carbonyl (C=O) groups is 1. The molecule has 0 N–H and O–H groups in total. The van der Waals surface area contributed by atoms with E-state index in [2.05, 4.69) is 14.1 Å². The summed E-state index contributed by atoms with van der Waals surface area (Å²) in [6.07, 6.45) is 3.66. The maximum Gasteiger partial charge on any atom is 0.306 e. The van der Waals surface area contributed by atoms with Gasteiger partial charge in [-0.15, -0.1) is 17.0 Å². The lowest BCUT2D eigenvalue weighted by atomic mass is 10.1. The van der Waals surface area contributed by atoms with Crippen molar-refractivity contribution in [1.29, 1.82) is 0 Å². The molecule has 0 amide bonds. The van der Waals surface area contributed by atoms with Crippen LogP contribution in [0.15, 0.2) is 0 Å². The maximum atomic E-state index is 11.5. The molecule has 0 aliphatic carbocycles. The van der Waals surface area contributed by atoms with Crippen LogP contribution in [0.4, 0.5) is 0 Å². The lowest BCUT2D eigenvalue weighted by Crippen LogP contribution is -2.42. The van der Waals surface area contributed by atoms with Crippen LogP contribution >= 0.6 is 17.0 Å². The summed E-state index contributed by atoms with van der Waals surface area (Å²) in [7, 11) is 6.17. The van der Waals surface area contributed by atoms with E-state index in [1.165, 1.54) is 0 Å². The van der Waals surface area contributed by atoms with Crippen molar-refractivity contribution in [3.8, 4) is 0 Å². The highest BCUT2D eigenvalue weighted by Crippen LogP contribution is 2.11. The summed E-state index contributed by atoms with van der Waals surface area (Å²) in [5.74, 6) is -0.0827. The number of quaternary nitrogens is 1. The molecule has 0 rings (SSSR count). The highest BCUT2D eigenvalue weighted by molar-refractivity contribution is 8.93. The first kappa shape index (κ1) is 22.2. The van der Waals surface area contributed by atoms with Gasteiger partial charge in [-0.1, -0.05) is 0 Å². The number of nitrogens with zero attached hydrogens (tertiary/aromatic N) is 1. The van der Waals surface area contributed by atoms with Crippen LogP contribution in [0.1, 0.15) is 46.5 Å². The third kappa shape index (κ3) is 14.3. The van der Waals surface area contributed by atoms with E-state index in [1.54, 1.807) is 7.11 Å². The molecule has 0 aliphatic rings. The molecular formula is C15H33BrNO3+. The Morgan fingerprint density at radius 3 is 2.15 bits per heavy atom. The largest absolute Gasteiger partial charge is 0.460 e. The fourth-order valence-electron chi connectivity index (χ4n) is 1.83. The van der Waals surface area contributed by atoms with Crippen molar-refractivity contribution in [2.24, 2.45) is 0 Å². The third-order valence-corrected chi connectivity index (χ3v) is 2.97. The standard InChI is InChI=1S/C15H32NO3.BrH/c1-15(2,3)19-14(17)10-8-7-9-11-16(4,5)12-13-18-6;/h7-13H2,1-6H3;1H/q+1;. The second-order valence-corrected chi connectivity index (χ2v) is 6.77. The first-order chi connectivity index (χ1) is 8.66. The lowest BCUT2D eigenvalue weighted by molar-refractivity contribution is -0.890. The molecule has 0 fully saturated rings. The second kappa shape index (κ2) is 10.6. The number of likely N-dealkylation sites (N-methyl/N-ethyl adjacent to an activating group) is 1. The number of ether oxygens (including phenoxy) is 2. The van der Waals surface area contributed by atoms with E-state index >= 15 is 0 Å². The van der Waals surface area contributed by atoms with Gasteiger partial charge in [-0.3, -0.25) is 4.79 Å². The average Bonchev–Trinajstić information content (AvgIpc) is 2.23. The van der Waals surface area contributed by atoms with Crippen molar-refractivity contribution in [3.63, 3.8) is 0 Å². The Hall–Kier alpha value is -0.130. The number of unbranched alkanes of at least 4 members (excludes halogenated alkanes) is 2. The van der Waals surface area contributed by atoms with Crippen molar-refractivity contribution >= 4 is 23.0 Å². The highest BCUT2D eigenvalue weighted by Gasteiger charge is 2.16. The van der Waals surface area contributed by atoms with Crippen molar-refractivity contribution < 1.29 is 18.8 Å². The quantitative estimate of drug-likeness (QED) is 0.362. The summed E-state index contributed by atoms with van der Waals surface area (Å²) in [6, 6.07) is 0. The van der Waals surface area contributed by atoms with Crippen LogP contribution in [-0.2, 0) is 14.3 Å². The molecule has 0 unspecified atom stereocenters. The van der Waals surface area contributed by atoms with Crippen molar-refractivity contribution in [2.75, 3.05) is 40.9 Å². The summed E-state index contributed by atoms with van der Waals surface area (Å²) in [5.41, 5.74) is -0.365. The van der Waals surface area contributed by atoms with Gasteiger partial charge in [-0.05, 0) is 40.0 Å². The van der Waals surface area contributed by atoms with E-state index in [1.807, 2.05) is 20.8 Å². The number of esters is 1. The zero-order valence-corrected chi connectivity index (χ0v) is 15.7. The van der Waals surface area contributed by atoms with Gasteiger partial charge in [0.15, 0.2) is 0 Å². The Balaban J connectivity index is 0. The fraction of sp³-hybridized carbons (Fsp3) is 0.933. The van der Waals surface area contributed by atoms with Crippen molar-refractivity contribution in [1.82, 2.24) is 0 Å². The summed E-state index contributed by atoms with van der Waals surface area (Å²) in [5, 5.41) is 0. The molecule has 0 aliphatic heterocycles. The molecule has 4 nitrogen and oxygen atoms in total. The molecule has 0 bridgehead atoms. The van der Waals surface area contributed by atoms with E-state index in [-0.39, 0.29) is 28.6 Å². The number of rotatable bonds is 9. The summed E-state index contributed by atoms with van der Waals surface area (Å²) in [4.78, 5) is 11.5. The Bertz CT molecular complexity index is 262. The van der Waals surface area contributed by atoms with Gasteiger partial charge in [-0.2, -0.15) is 0 Å². The molecule has 0 saturated heterocycles. The molecule has 0 radical (unpaired) electrons. The van der Waals surface area contributed by atoms with Gasteiger partial charge < -0.3 is 14.0 Å². The molecule has 0 aromatic rings. The Labute approximate surface area is 135 Å². The Kier molecular flexibility index (Phi) is 11.7. The topological polar surface area (TPSA) is 35.5 Å². The van der Waals surface area contributed by atoms with Gasteiger partial charge in [0.1, 0.15) is 12.1 Å². The van der Waals surface area contributed by atoms with Gasteiger partial charge in [-0.25, -0.2) is 0 Å². The van der Waals surface area contributed by atoms with E-state index < -0.39 is 0 Å². The molecule has 20 heavy (non-hydrogen) atoms. The smallest absolute Gasteiger partial charge is 0.306 e. The average molecular weight is 355 g/mol. The number of carbonyl (C=O) groups excluding carboxylic acids is 1. The Morgan fingerprint density at radius 1 is 1.05 bits per heavy atom.